The van der Waals surface area contributed by atoms with Crippen molar-refractivity contribution in [3.05, 3.63) is 105 Å². The lowest BCUT2D eigenvalue weighted by Gasteiger charge is -2.26. The number of nitro groups is 1. The molecule has 1 heterocycles. The van der Waals surface area contributed by atoms with E-state index in [2.05, 4.69) is 5.32 Å². The van der Waals surface area contributed by atoms with Gasteiger partial charge >= 0.3 is 6.03 Å². The van der Waals surface area contributed by atoms with Gasteiger partial charge in [-0.2, -0.15) is 0 Å². The molecule has 0 aromatic heterocycles. The Labute approximate surface area is 192 Å². The summed E-state index contributed by atoms with van der Waals surface area (Å²) in [4.78, 5) is 48.7. The van der Waals surface area contributed by atoms with Crippen molar-refractivity contribution < 1.29 is 28.4 Å². The summed E-state index contributed by atoms with van der Waals surface area (Å²) in [5, 5.41) is 12.9. The standard InChI is InChI=1S/C24H16FN3O6/c25-17-7-11-18(12-8-17)27-23(30)20(22(29)26-24(27)31)13-16-3-1-2-4-21(16)34-14-15-5-9-19(10-6-15)28(32)33/h1-13H,14H2,(H,26,29,31)/b20-13+. The molecule has 4 rings (SSSR count). The number of nitro benzene ring substituents is 1. The summed E-state index contributed by atoms with van der Waals surface area (Å²) in [5.41, 5.74) is 0.820. The monoisotopic (exact) mass is 461 g/mol. The molecule has 0 saturated carbocycles. The van der Waals surface area contributed by atoms with E-state index in [1.807, 2.05) is 0 Å². The van der Waals surface area contributed by atoms with Crippen LogP contribution in [0.3, 0.4) is 0 Å². The number of barbiturate groups is 1. The number of benzene rings is 3. The highest BCUT2D eigenvalue weighted by atomic mass is 19.1. The lowest BCUT2D eigenvalue weighted by Crippen LogP contribution is -2.54. The molecule has 0 spiro atoms. The van der Waals surface area contributed by atoms with Crippen molar-refractivity contribution in [2.24, 2.45) is 0 Å². The summed E-state index contributed by atoms with van der Waals surface area (Å²) < 4.78 is 19.1. The fourth-order valence-corrected chi connectivity index (χ4v) is 3.24. The van der Waals surface area contributed by atoms with Crippen LogP contribution < -0.4 is 15.0 Å². The minimum Gasteiger partial charge on any atom is -0.488 e. The maximum Gasteiger partial charge on any atom is 0.335 e. The van der Waals surface area contributed by atoms with E-state index >= 15 is 0 Å². The summed E-state index contributed by atoms with van der Waals surface area (Å²) in [6.07, 6.45) is 1.30. The molecule has 3 aromatic carbocycles. The summed E-state index contributed by atoms with van der Waals surface area (Å²) in [7, 11) is 0. The van der Waals surface area contributed by atoms with Crippen molar-refractivity contribution in [2.45, 2.75) is 6.61 Å². The van der Waals surface area contributed by atoms with Crippen molar-refractivity contribution in [1.82, 2.24) is 5.32 Å². The number of carbonyl (C=O) groups is 3. The van der Waals surface area contributed by atoms with Gasteiger partial charge in [0.25, 0.3) is 17.5 Å². The average Bonchev–Trinajstić information content (AvgIpc) is 2.82. The van der Waals surface area contributed by atoms with Crippen LogP contribution in [-0.4, -0.2) is 22.8 Å². The molecule has 170 valence electrons. The molecule has 0 aliphatic carbocycles. The first-order valence-corrected chi connectivity index (χ1v) is 9.95. The Bertz CT molecular complexity index is 1320. The quantitative estimate of drug-likeness (QED) is 0.257. The number of ether oxygens (including phenoxy) is 1. The molecule has 9 nitrogen and oxygen atoms in total. The number of non-ortho nitro benzene ring substituents is 1. The summed E-state index contributed by atoms with van der Waals surface area (Å²) >= 11 is 0. The van der Waals surface area contributed by atoms with E-state index in [4.69, 9.17) is 4.74 Å². The molecule has 1 fully saturated rings. The highest BCUT2D eigenvalue weighted by Crippen LogP contribution is 2.26. The molecular formula is C24H16FN3O6. The number of nitrogens with zero attached hydrogens (tertiary/aromatic N) is 2. The number of hydrogen-bond donors (Lipinski definition) is 1. The molecule has 1 saturated heterocycles. The van der Waals surface area contributed by atoms with Gasteiger partial charge in [0, 0.05) is 17.7 Å². The molecule has 1 aliphatic rings. The normalized spacial score (nSPS) is 14.8. The van der Waals surface area contributed by atoms with Crippen molar-refractivity contribution in [2.75, 3.05) is 4.90 Å². The first-order valence-electron chi connectivity index (χ1n) is 9.95. The van der Waals surface area contributed by atoms with Crippen LogP contribution in [0.5, 0.6) is 5.75 Å². The molecule has 34 heavy (non-hydrogen) atoms. The lowest BCUT2D eigenvalue weighted by atomic mass is 10.1. The molecule has 0 bridgehead atoms. The molecular weight excluding hydrogens is 445 g/mol. The number of imide groups is 2. The number of amides is 4. The van der Waals surface area contributed by atoms with E-state index in [-0.39, 0.29) is 23.6 Å². The first kappa shape index (κ1) is 22.3. The number of para-hydroxylation sites is 1. The largest absolute Gasteiger partial charge is 0.488 e. The number of halogens is 1. The lowest BCUT2D eigenvalue weighted by molar-refractivity contribution is -0.384. The number of carbonyl (C=O) groups excluding carboxylic acids is 3. The molecule has 0 unspecified atom stereocenters. The molecule has 1 aliphatic heterocycles. The van der Waals surface area contributed by atoms with Gasteiger partial charge in [0.1, 0.15) is 23.7 Å². The van der Waals surface area contributed by atoms with Crippen LogP contribution in [0.15, 0.2) is 78.4 Å². The van der Waals surface area contributed by atoms with Crippen LogP contribution in [0.4, 0.5) is 20.6 Å². The van der Waals surface area contributed by atoms with Gasteiger partial charge in [0.2, 0.25) is 0 Å². The number of rotatable bonds is 6. The predicted octanol–water partition coefficient (Wildman–Crippen LogP) is 3.98. The Morgan fingerprint density at radius 3 is 2.32 bits per heavy atom. The fraction of sp³-hybridized carbons (Fsp3) is 0.0417. The number of urea groups is 1. The van der Waals surface area contributed by atoms with Gasteiger partial charge in [-0.05, 0) is 54.1 Å². The topological polar surface area (TPSA) is 119 Å². The van der Waals surface area contributed by atoms with Crippen LogP contribution in [-0.2, 0) is 16.2 Å². The van der Waals surface area contributed by atoms with E-state index < -0.39 is 28.6 Å². The van der Waals surface area contributed by atoms with E-state index in [1.165, 1.54) is 30.3 Å². The highest BCUT2D eigenvalue weighted by molar-refractivity contribution is 6.39. The van der Waals surface area contributed by atoms with Gasteiger partial charge in [0.05, 0.1) is 10.6 Å². The maximum absolute atomic E-state index is 13.3. The zero-order valence-electron chi connectivity index (χ0n) is 17.4. The number of hydrogen-bond acceptors (Lipinski definition) is 6. The van der Waals surface area contributed by atoms with Crippen LogP contribution >= 0.6 is 0 Å². The van der Waals surface area contributed by atoms with Gasteiger partial charge in [-0.1, -0.05) is 18.2 Å². The van der Waals surface area contributed by atoms with Crippen molar-refractivity contribution in [3.63, 3.8) is 0 Å². The number of anilines is 1. The highest BCUT2D eigenvalue weighted by Gasteiger charge is 2.37. The molecule has 4 amide bonds. The molecule has 3 aromatic rings. The van der Waals surface area contributed by atoms with Crippen molar-refractivity contribution >= 4 is 35.3 Å². The third kappa shape index (κ3) is 4.65. The minimum absolute atomic E-state index is 0.0454. The average molecular weight is 461 g/mol. The van der Waals surface area contributed by atoms with Crippen LogP contribution in [0.25, 0.3) is 6.08 Å². The third-order valence-corrected chi connectivity index (χ3v) is 4.95. The summed E-state index contributed by atoms with van der Waals surface area (Å²) in [6, 6.07) is 16.2. The number of nitrogens with one attached hydrogen (secondary N) is 1. The summed E-state index contributed by atoms with van der Waals surface area (Å²) in [6.45, 7) is 0.0819. The molecule has 10 heteroatoms. The van der Waals surface area contributed by atoms with Gasteiger partial charge < -0.3 is 4.74 Å². The fourth-order valence-electron chi connectivity index (χ4n) is 3.24. The molecule has 1 N–H and O–H groups in total. The molecule has 0 radical (unpaired) electrons. The van der Waals surface area contributed by atoms with Crippen LogP contribution in [0.2, 0.25) is 0 Å². The predicted molar refractivity (Wildman–Crippen MR) is 119 cm³/mol. The van der Waals surface area contributed by atoms with E-state index in [0.29, 0.717) is 16.9 Å². The third-order valence-electron chi connectivity index (χ3n) is 4.95. The van der Waals surface area contributed by atoms with Gasteiger partial charge in [-0.3, -0.25) is 25.0 Å². The molecule has 0 atom stereocenters. The zero-order valence-corrected chi connectivity index (χ0v) is 17.4. The Morgan fingerprint density at radius 2 is 1.65 bits per heavy atom. The SMILES string of the molecule is O=C1NC(=O)N(c2ccc(F)cc2)C(=O)/C1=C/c1ccccc1OCc1ccc([N+](=O)[O-])cc1. The van der Waals surface area contributed by atoms with Gasteiger partial charge in [0.15, 0.2) is 0 Å². The van der Waals surface area contributed by atoms with E-state index in [1.54, 1.807) is 36.4 Å². The first-order chi connectivity index (χ1) is 16.3. The maximum atomic E-state index is 13.3. The Hall–Kier alpha value is -4.86. The van der Waals surface area contributed by atoms with Crippen molar-refractivity contribution in [3.8, 4) is 5.75 Å². The second-order valence-electron chi connectivity index (χ2n) is 7.18. The van der Waals surface area contributed by atoms with Gasteiger partial charge in [-0.25, -0.2) is 14.1 Å². The smallest absolute Gasteiger partial charge is 0.335 e. The van der Waals surface area contributed by atoms with Crippen LogP contribution in [0.1, 0.15) is 11.1 Å². The van der Waals surface area contributed by atoms with Crippen LogP contribution in [0, 0.1) is 15.9 Å². The Kier molecular flexibility index (Phi) is 6.13. The Morgan fingerprint density at radius 1 is 0.971 bits per heavy atom. The minimum atomic E-state index is -0.943. The zero-order chi connectivity index (χ0) is 24.2. The van der Waals surface area contributed by atoms with Gasteiger partial charge in [-0.15, -0.1) is 0 Å². The van der Waals surface area contributed by atoms with Crippen molar-refractivity contribution in [1.29, 1.82) is 0 Å². The second kappa shape index (κ2) is 9.33. The van der Waals surface area contributed by atoms with E-state index in [0.717, 1.165) is 17.0 Å². The second-order valence-corrected chi connectivity index (χ2v) is 7.18. The summed E-state index contributed by atoms with van der Waals surface area (Å²) in [5.74, 6) is -1.94. The Balaban J connectivity index is 1.59. The van der Waals surface area contributed by atoms with E-state index in [9.17, 15) is 28.9 Å².